The van der Waals surface area contributed by atoms with Gasteiger partial charge in [-0.05, 0) is 31.0 Å². The number of amides is 1. The van der Waals surface area contributed by atoms with E-state index in [0.717, 1.165) is 0 Å². The maximum Gasteiger partial charge on any atom is 0.408 e. The third-order valence-electron chi connectivity index (χ3n) is 4.34. The van der Waals surface area contributed by atoms with Crippen LogP contribution in [0.1, 0.15) is 23.2 Å². The number of aromatic nitrogens is 5. The standard InChI is InChI=1S/C16H14F3N7O/c17-16(18,19)11-3-2-7-25(11)13-5-8-26-14(23-13)10(9-21-26)15(27)22-12-4-1-6-20-24-12/h1,4-6,8-9,11H,2-3,7H2,(H,22,24,27)/t11-/m0/s1. The molecule has 0 spiro atoms. The van der Waals surface area contributed by atoms with Gasteiger partial charge in [-0.15, -0.1) is 5.10 Å². The smallest absolute Gasteiger partial charge is 0.344 e. The number of anilines is 2. The first-order chi connectivity index (χ1) is 12.9. The van der Waals surface area contributed by atoms with E-state index in [1.807, 2.05) is 0 Å². The van der Waals surface area contributed by atoms with Gasteiger partial charge in [-0.25, -0.2) is 9.50 Å². The van der Waals surface area contributed by atoms with Gasteiger partial charge in [0.05, 0.1) is 6.20 Å². The van der Waals surface area contributed by atoms with Crippen LogP contribution >= 0.6 is 0 Å². The summed E-state index contributed by atoms with van der Waals surface area (Å²) in [6, 6.07) is 3.06. The molecule has 0 aromatic carbocycles. The van der Waals surface area contributed by atoms with Crippen LogP contribution in [-0.2, 0) is 0 Å². The molecule has 1 amide bonds. The van der Waals surface area contributed by atoms with Crippen molar-refractivity contribution in [3.63, 3.8) is 0 Å². The normalized spacial score (nSPS) is 17.4. The van der Waals surface area contributed by atoms with E-state index in [1.54, 1.807) is 12.1 Å². The maximum absolute atomic E-state index is 13.2. The fourth-order valence-corrected chi connectivity index (χ4v) is 3.11. The summed E-state index contributed by atoms with van der Waals surface area (Å²) < 4.78 is 41.0. The molecule has 27 heavy (non-hydrogen) atoms. The molecule has 4 rings (SSSR count). The Hall–Kier alpha value is -3.24. The van der Waals surface area contributed by atoms with Gasteiger partial charge < -0.3 is 10.2 Å². The summed E-state index contributed by atoms with van der Waals surface area (Å²) >= 11 is 0. The molecule has 0 unspecified atom stereocenters. The summed E-state index contributed by atoms with van der Waals surface area (Å²) in [6.07, 6.45) is 0.375. The average molecular weight is 377 g/mol. The van der Waals surface area contributed by atoms with Crippen LogP contribution in [0.4, 0.5) is 24.8 Å². The monoisotopic (exact) mass is 377 g/mol. The van der Waals surface area contributed by atoms with Crippen molar-refractivity contribution >= 4 is 23.2 Å². The van der Waals surface area contributed by atoms with E-state index in [0.29, 0.717) is 6.42 Å². The third kappa shape index (κ3) is 3.27. The van der Waals surface area contributed by atoms with Gasteiger partial charge >= 0.3 is 6.18 Å². The molecular weight excluding hydrogens is 363 g/mol. The van der Waals surface area contributed by atoms with Gasteiger partial charge in [0.15, 0.2) is 11.5 Å². The molecule has 140 valence electrons. The van der Waals surface area contributed by atoms with Crippen LogP contribution in [-0.4, -0.2) is 49.5 Å². The predicted octanol–water partition coefficient (Wildman–Crippen LogP) is 2.30. The topological polar surface area (TPSA) is 88.3 Å². The van der Waals surface area contributed by atoms with E-state index < -0.39 is 18.1 Å². The lowest BCUT2D eigenvalue weighted by Crippen LogP contribution is -2.41. The zero-order valence-corrected chi connectivity index (χ0v) is 13.9. The molecule has 3 aromatic heterocycles. The number of halogens is 3. The fraction of sp³-hybridized carbons (Fsp3) is 0.312. The van der Waals surface area contributed by atoms with E-state index in [1.165, 1.54) is 34.1 Å². The van der Waals surface area contributed by atoms with E-state index >= 15 is 0 Å². The number of carbonyl (C=O) groups excluding carboxylic acids is 1. The molecular formula is C16H14F3N7O. The highest BCUT2D eigenvalue weighted by Crippen LogP contribution is 2.35. The van der Waals surface area contributed by atoms with Gasteiger partial charge in [-0.2, -0.15) is 23.4 Å². The van der Waals surface area contributed by atoms with Crippen LogP contribution in [0.15, 0.2) is 36.8 Å². The summed E-state index contributed by atoms with van der Waals surface area (Å²) in [5.41, 5.74) is 0.298. The molecule has 1 saturated heterocycles. The number of alkyl halides is 3. The quantitative estimate of drug-likeness (QED) is 0.754. The molecule has 0 aliphatic carbocycles. The second-order valence-corrected chi connectivity index (χ2v) is 6.07. The largest absolute Gasteiger partial charge is 0.408 e. The van der Waals surface area contributed by atoms with E-state index in [2.05, 4.69) is 25.6 Å². The van der Waals surface area contributed by atoms with Crippen LogP contribution < -0.4 is 10.2 Å². The van der Waals surface area contributed by atoms with Crippen molar-refractivity contribution in [2.24, 2.45) is 0 Å². The number of fused-ring (bicyclic) bond motifs is 1. The summed E-state index contributed by atoms with van der Waals surface area (Å²) in [4.78, 5) is 18.0. The van der Waals surface area contributed by atoms with E-state index in [4.69, 9.17) is 0 Å². The molecule has 0 saturated carbocycles. The number of nitrogens with one attached hydrogen (secondary N) is 1. The Bertz CT molecular complexity index is 973. The zero-order chi connectivity index (χ0) is 19.0. The Morgan fingerprint density at radius 1 is 1.30 bits per heavy atom. The van der Waals surface area contributed by atoms with Gasteiger partial charge in [-0.1, -0.05) is 0 Å². The molecule has 0 bridgehead atoms. The molecule has 11 heteroatoms. The molecule has 4 heterocycles. The minimum Gasteiger partial charge on any atom is -0.344 e. The van der Waals surface area contributed by atoms with E-state index in [-0.39, 0.29) is 35.8 Å². The molecule has 1 aliphatic rings. The van der Waals surface area contributed by atoms with Crippen LogP contribution in [0.3, 0.4) is 0 Å². The summed E-state index contributed by atoms with van der Waals surface area (Å²) in [5, 5.41) is 14.0. The Kier molecular flexibility index (Phi) is 4.13. The summed E-state index contributed by atoms with van der Waals surface area (Å²) in [6.45, 7) is 0.253. The van der Waals surface area contributed by atoms with Gasteiger partial charge in [-0.3, -0.25) is 4.79 Å². The second-order valence-electron chi connectivity index (χ2n) is 6.07. The second kappa shape index (κ2) is 6.49. The molecule has 1 aliphatic heterocycles. The Morgan fingerprint density at radius 3 is 2.89 bits per heavy atom. The first-order valence-electron chi connectivity index (χ1n) is 8.20. The maximum atomic E-state index is 13.2. The number of nitrogens with zero attached hydrogens (tertiary/aromatic N) is 6. The minimum absolute atomic E-state index is 0.0235. The van der Waals surface area contributed by atoms with Crippen molar-refractivity contribution < 1.29 is 18.0 Å². The summed E-state index contributed by atoms with van der Waals surface area (Å²) in [7, 11) is 0. The SMILES string of the molecule is O=C(Nc1cccnn1)c1cnn2ccc(N3CCC[C@H]3C(F)(F)F)nc12. The number of rotatable bonds is 3. The van der Waals surface area contributed by atoms with Crippen LogP contribution in [0.25, 0.3) is 5.65 Å². The van der Waals surface area contributed by atoms with Crippen molar-refractivity contribution in [2.45, 2.75) is 25.1 Å². The molecule has 8 nitrogen and oxygen atoms in total. The first-order valence-corrected chi connectivity index (χ1v) is 8.20. The lowest BCUT2D eigenvalue weighted by atomic mass is 10.2. The molecule has 1 fully saturated rings. The number of hydrogen-bond donors (Lipinski definition) is 1. The Labute approximate surface area is 151 Å². The highest BCUT2D eigenvalue weighted by molar-refractivity contribution is 6.07. The van der Waals surface area contributed by atoms with Gasteiger partial charge in [0, 0.05) is 18.9 Å². The van der Waals surface area contributed by atoms with Crippen molar-refractivity contribution in [2.75, 3.05) is 16.8 Å². The van der Waals surface area contributed by atoms with Gasteiger partial charge in [0.25, 0.3) is 5.91 Å². The van der Waals surface area contributed by atoms with Crippen molar-refractivity contribution in [3.05, 3.63) is 42.4 Å². The van der Waals surface area contributed by atoms with Crippen LogP contribution in [0, 0.1) is 0 Å². The van der Waals surface area contributed by atoms with Crippen LogP contribution in [0.5, 0.6) is 0 Å². The molecule has 0 radical (unpaired) electrons. The Balaban J connectivity index is 1.66. The van der Waals surface area contributed by atoms with E-state index in [9.17, 15) is 18.0 Å². The first kappa shape index (κ1) is 17.2. The lowest BCUT2D eigenvalue weighted by Gasteiger charge is -2.27. The highest BCUT2D eigenvalue weighted by Gasteiger charge is 2.46. The summed E-state index contributed by atoms with van der Waals surface area (Å²) in [5.74, 6) is -0.116. The van der Waals surface area contributed by atoms with Gasteiger partial charge in [0.2, 0.25) is 0 Å². The third-order valence-corrected chi connectivity index (χ3v) is 4.34. The molecule has 1 N–H and O–H groups in total. The Morgan fingerprint density at radius 2 is 2.15 bits per heavy atom. The van der Waals surface area contributed by atoms with Crippen molar-refractivity contribution in [1.29, 1.82) is 0 Å². The highest BCUT2D eigenvalue weighted by atomic mass is 19.4. The number of carbonyl (C=O) groups is 1. The molecule has 3 aromatic rings. The van der Waals surface area contributed by atoms with Crippen LogP contribution in [0.2, 0.25) is 0 Å². The zero-order valence-electron chi connectivity index (χ0n) is 13.9. The fourth-order valence-electron chi connectivity index (χ4n) is 3.11. The predicted molar refractivity (Wildman–Crippen MR) is 89.4 cm³/mol. The number of hydrogen-bond acceptors (Lipinski definition) is 6. The lowest BCUT2D eigenvalue weighted by molar-refractivity contribution is -0.146. The average Bonchev–Trinajstić information content (AvgIpc) is 3.29. The van der Waals surface area contributed by atoms with Gasteiger partial charge in [0.1, 0.15) is 17.4 Å². The molecule has 1 atom stereocenters. The van der Waals surface area contributed by atoms with Crippen molar-refractivity contribution in [1.82, 2.24) is 24.8 Å². The minimum atomic E-state index is -4.34. The van der Waals surface area contributed by atoms with Crippen molar-refractivity contribution in [3.8, 4) is 0 Å².